The Morgan fingerprint density at radius 3 is 1.21 bits per heavy atom. The van der Waals surface area contributed by atoms with Crippen LogP contribution in [0, 0.1) is 0 Å². The molecule has 0 rings (SSSR count). The maximum Gasteiger partial charge on any atom is 0.0575 e. The maximum absolute atomic E-state index is 9.43. The van der Waals surface area contributed by atoms with Gasteiger partial charge in [0.05, 0.1) is 12.7 Å². The third-order valence-electron chi connectivity index (χ3n) is 8.48. The molecule has 0 aromatic heterocycles. The first-order valence-electron chi connectivity index (χ1n) is 18.2. The van der Waals surface area contributed by atoms with E-state index in [-0.39, 0.29) is 0 Å². The van der Waals surface area contributed by atoms with E-state index in [0.717, 1.165) is 19.7 Å². The van der Waals surface area contributed by atoms with Crippen molar-refractivity contribution in [2.45, 2.75) is 200 Å². The Morgan fingerprint density at radius 1 is 0.436 bits per heavy atom. The summed E-state index contributed by atoms with van der Waals surface area (Å²) in [7, 11) is 0. The van der Waals surface area contributed by atoms with Crippen molar-refractivity contribution in [3.8, 4) is 0 Å². The zero-order chi connectivity index (χ0) is 28.5. The second kappa shape index (κ2) is 34.1. The molecule has 0 atom stereocenters. The van der Waals surface area contributed by atoms with Gasteiger partial charge in [0.2, 0.25) is 0 Å². The Labute approximate surface area is 247 Å². The molecule has 0 aromatic rings. The summed E-state index contributed by atoms with van der Waals surface area (Å²) < 4.78 is 6.43. The highest BCUT2D eigenvalue weighted by atomic mass is 16.5. The molecule has 0 aliphatic rings. The van der Waals surface area contributed by atoms with Crippen molar-refractivity contribution < 1.29 is 9.84 Å². The van der Waals surface area contributed by atoms with Crippen LogP contribution in [0.25, 0.3) is 0 Å². The lowest BCUT2D eigenvalue weighted by atomic mass is 10.0. The number of aliphatic hydroxyl groups excluding tert-OH is 1. The first kappa shape index (κ1) is 38.9. The van der Waals surface area contributed by atoms with Gasteiger partial charge in [0.1, 0.15) is 0 Å². The summed E-state index contributed by atoms with van der Waals surface area (Å²) in [4.78, 5) is 2.49. The summed E-state index contributed by atoms with van der Waals surface area (Å²) >= 11 is 0. The zero-order valence-electron chi connectivity index (χ0n) is 27.5. The van der Waals surface area contributed by atoms with Crippen LogP contribution in [-0.4, -0.2) is 49.0 Å². The van der Waals surface area contributed by atoms with Crippen molar-refractivity contribution in [3.05, 3.63) is 0 Å². The molecular weight excluding hydrogens is 478 g/mol. The van der Waals surface area contributed by atoms with Gasteiger partial charge in [-0.15, -0.1) is 0 Å². The maximum atomic E-state index is 9.43. The molecule has 39 heavy (non-hydrogen) atoms. The fraction of sp³-hybridized carbons (Fsp3) is 1.00. The number of rotatable bonds is 34. The molecule has 0 amide bonds. The van der Waals surface area contributed by atoms with Gasteiger partial charge in [0.25, 0.3) is 0 Å². The molecule has 1 N–H and O–H groups in total. The predicted molar refractivity (Wildman–Crippen MR) is 175 cm³/mol. The van der Waals surface area contributed by atoms with E-state index >= 15 is 0 Å². The molecule has 0 saturated carbocycles. The molecule has 0 saturated heterocycles. The van der Waals surface area contributed by atoms with Crippen LogP contribution < -0.4 is 0 Å². The van der Waals surface area contributed by atoms with E-state index in [1.807, 2.05) is 0 Å². The Kier molecular flexibility index (Phi) is 34.0. The minimum Gasteiger partial charge on any atom is -0.395 e. The summed E-state index contributed by atoms with van der Waals surface area (Å²) in [5, 5.41) is 9.43. The largest absolute Gasteiger partial charge is 0.395 e. The minimum atomic E-state index is 0.301. The van der Waals surface area contributed by atoms with Crippen LogP contribution >= 0.6 is 0 Å². The van der Waals surface area contributed by atoms with Gasteiger partial charge in [-0.05, 0) is 45.2 Å². The van der Waals surface area contributed by atoms with Crippen LogP contribution in [-0.2, 0) is 4.74 Å². The average molecular weight is 554 g/mol. The average Bonchev–Trinajstić information content (AvgIpc) is 2.94. The summed E-state index contributed by atoms with van der Waals surface area (Å²) in [5.41, 5.74) is 0. The van der Waals surface area contributed by atoms with Gasteiger partial charge in [-0.2, -0.15) is 0 Å². The van der Waals surface area contributed by atoms with E-state index in [9.17, 15) is 5.11 Å². The zero-order valence-corrected chi connectivity index (χ0v) is 27.5. The van der Waals surface area contributed by atoms with Gasteiger partial charge in [-0.25, -0.2) is 0 Å². The third kappa shape index (κ3) is 30.7. The van der Waals surface area contributed by atoms with Crippen LogP contribution in [0.2, 0.25) is 0 Å². The van der Waals surface area contributed by atoms with Crippen molar-refractivity contribution >= 4 is 0 Å². The van der Waals surface area contributed by atoms with E-state index in [2.05, 4.69) is 25.7 Å². The van der Waals surface area contributed by atoms with Gasteiger partial charge in [-0.3, -0.25) is 0 Å². The quantitative estimate of drug-likeness (QED) is 0.0804. The second-order valence-corrected chi connectivity index (χ2v) is 12.4. The van der Waals surface area contributed by atoms with Gasteiger partial charge in [-0.1, -0.05) is 162 Å². The van der Waals surface area contributed by atoms with E-state index < -0.39 is 0 Å². The van der Waals surface area contributed by atoms with Crippen LogP contribution in [0.3, 0.4) is 0 Å². The van der Waals surface area contributed by atoms with Crippen LogP contribution in [0.5, 0.6) is 0 Å². The number of ether oxygens (including phenoxy) is 1. The van der Waals surface area contributed by atoms with E-state index in [4.69, 9.17) is 4.74 Å². The molecule has 0 fully saturated rings. The van der Waals surface area contributed by atoms with Crippen molar-refractivity contribution in [1.82, 2.24) is 4.90 Å². The highest BCUT2D eigenvalue weighted by Crippen LogP contribution is 2.18. The van der Waals surface area contributed by atoms with Crippen LogP contribution in [0.4, 0.5) is 0 Å². The summed E-state index contributed by atoms with van der Waals surface area (Å²) in [6.07, 6.45) is 37.1. The fourth-order valence-electron chi connectivity index (χ4n) is 5.78. The van der Waals surface area contributed by atoms with E-state index in [1.54, 1.807) is 0 Å². The first-order chi connectivity index (χ1) is 19.3. The van der Waals surface area contributed by atoms with Crippen molar-refractivity contribution in [2.24, 2.45) is 0 Å². The number of unbranched alkanes of at least 4 members (excludes halogenated alkanes) is 21. The third-order valence-corrected chi connectivity index (χ3v) is 8.48. The fourth-order valence-corrected chi connectivity index (χ4v) is 5.78. The Morgan fingerprint density at radius 2 is 0.795 bits per heavy atom. The second-order valence-electron chi connectivity index (χ2n) is 12.4. The summed E-state index contributed by atoms with van der Waals surface area (Å²) in [6.45, 7) is 11.3. The van der Waals surface area contributed by atoms with Crippen molar-refractivity contribution in [1.29, 1.82) is 0 Å². The predicted octanol–water partition coefficient (Wildman–Crippen LogP) is 11.3. The monoisotopic (exact) mass is 554 g/mol. The van der Waals surface area contributed by atoms with Crippen LogP contribution in [0.15, 0.2) is 0 Å². The molecule has 0 heterocycles. The molecular formula is C36H75NO2. The van der Waals surface area contributed by atoms with Gasteiger partial charge < -0.3 is 14.7 Å². The van der Waals surface area contributed by atoms with Gasteiger partial charge in [0.15, 0.2) is 0 Å². The van der Waals surface area contributed by atoms with Gasteiger partial charge in [0, 0.05) is 13.2 Å². The van der Waals surface area contributed by atoms with E-state index in [1.165, 1.54) is 180 Å². The van der Waals surface area contributed by atoms with Crippen LogP contribution in [0.1, 0.15) is 194 Å². The summed E-state index contributed by atoms with van der Waals surface area (Å²) in [6, 6.07) is 0. The topological polar surface area (TPSA) is 32.7 Å². The Balaban J connectivity index is 3.87. The molecule has 3 nitrogen and oxygen atoms in total. The standard InChI is InChI=1S/C36H75NO2/c1-4-7-10-13-16-21-26-31-37(33-34-38)32-27-22-17-18-23-28-35-39-36(29-24-19-14-11-8-5-2)30-25-20-15-12-9-6-3/h36,38H,4-35H2,1-3H3. The Bertz CT molecular complexity index is 414. The molecule has 236 valence electrons. The smallest absolute Gasteiger partial charge is 0.0575 e. The molecule has 0 aliphatic heterocycles. The molecule has 0 aliphatic carbocycles. The molecule has 0 aromatic carbocycles. The number of nitrogens with zero attached hydrogens (tertiary/aromatic N) is 1. The SMILES string of the molecule is CCCCCCCCCN(CCO)CCCCCCCCOC(CCCCCCCC)CCCCCCCC. The number of aliphatic hydroxyl groups is 1. The van der Waals surface area contributed by atoms with Gasteiger partial charge >= 0.3 is 0 Å². The molecule has 3 heteroatoms. The molecule has 0 spiro atoms. The van der Waals surface area contributed by atoms with Crippen molar-refractivity contribution in [3.63, 3.8) is 0 Å². The lowest BCUT2D eigenvalue weighted by molar-refractivity contribution is 0.0357. The van der Waals surface area contributed by atoms with Crippen molar-refractivity contribution in [2.75, 3.05) is 32.8 Å². The number of hydrogen-bond donors (Lipinski definition) is 1. The minimum absolute atomic E-state index is 0.301. The molecule has 0 bridgehead atoms. The Hall–Kier alpha value is -0.120. The normalized spacial score (nSPS) is 11.8. The highest BCUT2D eigenvalue weighted by molar-refractivity contribution is 4.62. The number of hydrogen-bond acceptors (Lipinski definition) is 3. The lowest BCUT2D eigenvalue weighted by Gasteiger charge is -2.21. The first-order valence-corrected chi connectivity index (χ1v) is 18.2. The molecule has 0 radical (unpaired) electrons. The highest BCUT2D eigenvalue weighted by Gasteiger charge is 2.09. The molecule has 0 unspecified atom stereocenters. The lowest BCUT2D eigenvalue weighted by Crippen LogP contribution is -2.29. The summed E-state index contributed by atoms with van der Waals surface area (Å²) in [5.74, 6) is 0. The van der Waals surface area contributed by atoms with E-state index in [0.29, 0.717) is 12.7 Å².